The van der Waals surface area contributed by atoms with E-state index < -0.39 is 0 Å². The summed E-state index contributed by atoms with van der Waals surface area (Å²) in [6, 6.07) is 15.4. The largest absolute Gasteiger partial charge is 0.492 e. The summed E-state index contributed by atoms with van der Waals surface area (Å²) in [5, 5.41) is 4.81. The molecular weight excluding hydrogens is 350 g/mol. The molecule has 0 aliphatic carbocycles. The van der Waals surface area contributed by atoms with E-state index in [1.807, 2.05) is 48.5 Å². The Morgan fingerprint density at radius 3 is 2.74 bits per heavy atom. The third kappa shape index (κ3) is 6.48. The molecule has 0 aromatic heterocycles. The van der Waals surface area contributed by atoms with Crippen LogP contribution < -0.4 is 15.9 Å². The summed E-state index contributed by atoms with van der Waals surface area (Å²) in [5.74, 6) is 1.59. The lowest BCUT2D eigenvalue weighted by Gasteiger charge is -2.09. The van der Waals surface area contributed by atoms with Crippen molar-refractivity contribution < 1.29 is 4.74 Å². The molecule has 7 heteroatoms. The highest BCUT2D eigenvalue weighted by molar-refractivity contribution is 7.99. The molecule has 0 heterocycles. The summed E-state index contributed by atoms with van der Waals surface area (Å²) < 4.78 is 5.81. The molecule has 0 spiro atoms. The maximum Gasteiger partial charge on any atom is 0.184 e. The van der Waals surface area contributed by atoms with E-state index in [0.717, 1.165) is 27.0 Å². The molecule has 2 aromatic carbocycles. The van der Waals surface area contributed by atoms with Crippen LogP contribution in [0, 0.1) is 0 Å². The van der Waals surface area contributed by atoms with E-state index in [1.165, 1.54) is 0 Å². The van der Waals surface area contributed by atoms with Gasteiger partial charge in [0.15, 0.2) is 5.11 Å². The SMILES string of the molecule is NC(=S)N/N=C\c1ccccc1OCCSc1ccc(Cl)cc1. The second kappa shape index (κ2) is 9.39. The van der Waals surface area contributed by atoms with Crippen molar-refractivity contribution in [2.45, 2.75) is 4.90 Å². The van der Waals surface area contributed by atoms with Crippen LogP contribution in [0.4, 0.5) is 0 Å². The van der Waals surface area contributed by atoms with Gasteiger partial charge in [-0.25, -0.2) is 0 Å². The highest BCUT2D eigenvalue weighted by Crippen LogP contribution is 2.21. The Labute approximate surface area is 150 Å². The predicted octanol–water partition coefficient (Wildman–Crippen LogP) is 3.68. The van der Waals surface area contributed by atoms with Gasteiger partial charge < -0.3 is 10.5 Å². The van der Waals surface area contributed by atoms with Crippen molar-refractivity contribution in [1.29, 1.82) is 0 Å². The standard InChI is InChI=1S/C16H16ClN3OS2/c17-13-5-7-14(8-6-13)23-10-9-21-15-4-2-1-3-12(15)11-19-20-16(18)22/h1-8,11H,9-10H2,(H3,18,20,22)/b19-11-. The fraction of sp³-hybridized carbons (Fsp3) is 0.125. The van der Waals surface area contributed by atoms with Gasteiger partial charge in [-0.05, 0) is 48.6 Å². The quantitative estimate of drug-likeness (QED) is 0.258. The van der Waals surface area contributed by atoms with Crippen molar-refractivity contribution >= 4 is 46.9 Å². The van der Waals surface area contributed by atoms with E-state index in [1.54, 1.807) is 18.0 Å². The number of hydrogen-bond donors (Lipinski definition) is 2. The minimum Gasteiger partial charge on any atom is -0.492 e. The lowest BCUT2D eigenvalue weighted by Crippen LogP contribution is -2.24. The average molecular weight is 366 g/mol. The van der Waals surface area contributed by atoms with E-state index in [-0.39, 0.29) is 5.11 Å². The van der Waals surface area contributed by atoms with Gasteiger partial charge in [0, 0.05) is 21.2 Å². The number of thiocarbonyl (C=S) groups is 1. The molecule has 0 saturated carbocycles. The minimum atomic E-state index is 0.124. The van der Waals surface area contributed by atoms with E-state index in [2.05, 4.69) is 10.5 Å². The van der Waals surface area contributed by atoms with Gasteiger partial charge >= 0.3 is 0 Å². The van der Waals surface area contributed by atoms with Crippen molar-refractivity contribution in [2.75, 3.05) is 12.4 Å². The van der Waals surface area contributed by atoms with Gasteiger partial charge in [-0.1, -0.05) is 23.7 Å². The van der Waals surface area contributed by atoms with Crippen molar-refractivity contribution in [3.8, 4) is 5.75 Å². The smallest absolute Gasteiger partial charge is 0.184 e. The molecule has 3 N–H and O–H groups in total. The van der Waals surface area contributed by atoms with Crippen LogP contribution in [-0.4, -0.2) is 23.7 Å². The van der Waals surface area contributed by atoms with Crippen LogP contribution in [0.2, 0.25) is 5.02 Å². The van der Waals surface area contributed by atoms with Crippen molar-refractivity contribution in [3.05, 3.63) is 59.1 Å². The molecule has 23 heavy (non-hydrogen) atoms. The van der Waals surface area contributed by atoms with E-state index in [9.17, 15) is 0 Å². The molecule has 0 radical (unpaired) electrons. The number of hydrogen-bond acceptors (Lipinski definition) is 4. The van der Waals surface area contributed by atoms with Crippen LogP contribution in [0.1, 0.15) is 5.56 Å². The van der Waals surface area contributed by atoms with Gasteiger partial charge in [-0.2, -0.15) is 5.10 Å². The summed E-state index contributed by atoms with van der Waals surface area (Å²) in [6.45, 7) is 0.584. The molecule has 0 atom stereocenters. The van der Waals surface area contributed by atoms with Crippen molar-refractivity contribution in [1.82, 2.24) is 5.43 Å². The Balaban J connectivity index is 1.84. The number of benzene rings is 2. The van der Waals surface area contributed by atoms with Gasteiger partial charge in [0.25, 0.3) is 0 Å². The Bertz CT molecular complexity index is 677. The fourth-order valence-electron chi connectivity index (χ4n) is 1.73. The van der Waals surface area contributed by atoms with Gasteiger partial charge in [-0.3, -0.25) is 5.43 Å². The number of nitrogens with two attached hydrogens (primary N) is 1. The van der Waals surface area contributed by atoms with Crippen LogP contribution in [0.3, 0.4) is 0 Å². The predicted molar refractivity (Wildman–Crippen MR) is 102 cm³/mol. The first-order chi connectivity index (χ1) is 11.1. The topological polar surface area (TPSA) is 59.6 Å². The first kappa shape index (κ1) is 17.6. The second-order valence-electron chi connectivity index (χ2n) is 4.42. The maximum absolute atomic E-state index is 5.86. The third-order valence-electron chi connectivity index (χ3n) is 2.72. The zero-order valence-corrected chi connectivity index (χ0v) is 14.6. The number of nitrogens with zero attached hydrogens (tertiary/aromatic N) is 1. The number of halogens is 1. The summed E-state index contributed by atoms with van der Waals surface area (Å²) in [7, 11) is 0. The first-order valence-electron chi connectivity index (χ1n) is 6.84. The lowest BCUT2D eigenvalue weighted by atomic mass is 10.2. The second-order valence-corrected chi connectivity index (χ2v) is 6.47. The van der Waals surface area contributed by atoms with Crippen LogP contribution >= 0.6 is 35.6 Å². The van der Waals surface area contributed by atoms with Gasteiger partial charge in [-0.15, -0.1) is 11.8 Å². The highest BCUT2D eigenvalue weighted by Gasteiger charge is 2.01. The molecule has 0 fully saturated rings. The minimum absolute atomic E-state index is 0.124. The lowest BCUT2D eigenvalue weighted by molar-refractivity contribution is 0.343. The van der Waals surface area contributed by atoms with Crippen LogP contribution in [0.15, 0.2) is 58.5 Å². The molecule has 0 unspecified atom stereocenters. The Hall–Kier alpha value is -1.76. The van der Waals surface area contributed by atoms with E-state index in [0.29, 0.717) is 6.61 Å². The summed E-state index contributed by atoms with van der Waals surface area (Å²) in [4.78, 5) is 1.16. The maximum atomic E-state index is 5.86. The molecule has 120 valence electrons. The van der Waals surface area contributed by atoms with Gasteiger partial charge in [0.1, 0.15) is 5.75 Å². The molecule has 0 saturated heterocycles. The Kier molecular flexibility index (Phi) is 7.19. The molecule has 0 amide bonds. The molecule has 0 aliphatic rings. The number of hydrazone groups is 1. The Morgan fingerprint density at radius 2 is 2.00 bits per heavy atom. The summed E-state index contributed by atoms with van der Waals surface area (Å²) >= 11 is 12.3. The number of para-hydroxylation sites is 1. The molecule has 4 nitrogen and oxygen atoms in total. The number of thioether (sulfide) groups is 1. The number of rotatable bonds is 7. The van der Waals surface area contributed by atoms with Crippen molar-refractivity contribution in [2.24, 2.45) is 10.8 Å². The molecule has 2 aromatic rings. The van der Waals surface area contributed by atoms with Gasteiger partial charge in [0.2, 0.25) is 0 Å². The van der Waals surface area contributed by atoms with E-state index in [4.69, 9.17) is 34.3 Å². The molecule has 0 bridgehead atoms. The summed E-state index contributed by atoms with van der Waals surface area (Å²) in [5.41, 5.74) is 8.70. The number of ether oxygens (including phenoxy) is 1. The Morgan fingerprint density at radius 1 is 1.26 bits per heavy atom. The molecule has 2 rings (SSSR count). The zero-order chi connectivity index (χ0) is 16.5. The van der Waals surface area contributed by atoms with Gasteiger partial charge in [0.05, 0.1) is 12.8 Å². The fourth-order valence-corrected chi connectivity index (χ4v) is 2.64. The summed E-state index contributed by atoms with van der Waals surface area (Å²) in [6.07, 6.45) is 1.63. The number of nitrogens with one attached hydrogen (secondary N) is 1. The molecule has 0 aliphatic heterocycles. The van der Waals surface area contributed by atoms with Crippen LogP contribution in [0.5, 0.6) is 5.75 Å². The third-order valence-corrected chi connectivity index (χ3v) is 4.04. The normalized spacial score (nSPS) is 10.7. The van der Waals surface area contributed by atoms with Crippen molar-refractivity contribution in [3.63, 3.8) is 0 Å². The van der Waals surface area contributed by atoms with E-state index >= 15 is 0 Å². The average Bonchev–Trinajstić information content (AvgIpc) is 2.54. The molecular formula is C16H16ClN3OS2. The van der Waals surface area contributed by atoms with Crippen LogP contribution in [0.25, 0.3) is 0 Å². The van der Waals surface area contributed by atoms with Crippen LogP contribution in [-0.2, 0) is 0 Å². The first-order valence-corrected chi connectivity index (χ1v) is 8.61. The zero-order valence-electron chi connectivity index (χ0n) is 12.2. The monoisotopic (exact) mass is 365 g/mol. The highest BCUT2D eigenvalue weighted by atomic mass is 35.5.